The van der Waals surface area contributed by atoms with Gasteiger partial charge in [-0.2, -0.15) is 5.10 Å². The molecule has 2 aromatic carbocycles. The molecule has 0 saturated heterocycles. The van der Waals surface area contributed by atoms with Crippen LogP contribution >= 0.6 is 0 Å². The standard InChI is InChI=1S/C20H21FN4O2/c1-3-16(19(22)26)24(2)20(27)18-15-6-4-5-7-17(15)25(23-18)12-13-8-10-14(21)11-9-13/h4-11,16H,3,12H2,1-2H3,(H2,22,26). The molecule has 0 aliphatic rings. The average Bonchev–Trinajstić information content (AvgIpc) is 3.02. The second-order valence-corrected chi connectivity index (χ2v) is 6.39. The Bertz CT molecular complexity index is 981. The monoisotopic (exact) mass is 368 g/mol. The number of primary amides is 1. The Labute approximate surface area is 156 Å². The second-order valence-electron chi connectivity index (χ2n) is 6.39. The summed E-state index contributed by atoms with van der Waals surface area (Å²) in [5.41, 5.74) is 7.31. The number of aromatic nitrogens is 2. The van der Waals surface area contributed by atoms with Gasteiger partial charge in [0.1, 0.15) is 11.9 Å². The summed E-state index contributed by atoms with van der Waals surface area (Å²) in [6.45, 7) is 2.19. The van der Waals surface area contributed by atoms with Crippen molar-refractivity contribution in [1.82, 2.24) is 14.7 Å². The normalized spacial score (nSPS) is 12.1. The highest BCUT2D eigenvalue weighted by molar-refractivity contribution is 6.06. The molecule has 1 heterocycles. The van der Waals surface area contributed by atoms with Crippen LogP contribution in [0, 0.1) is 5.82 Å². The van der Waals surface area contributed by atoms with Crippen LogP contribution in [0.5, 0.6) is 0 Å². The Hall–Kier alpha value is -3.22. The molecule has 0 saturated carbocycles. The van der Waals surface area contributed by atoms with E-state index in [9.17, 15) is 14.0 Å². The molecule has 2 N–H and O–H groups in total. The molecule has 0 aliphatic carbocycles. The summed E-state index contributed by atoms with van der Waals surface area (Å²) in [7, 11) is 1.55. The first-order chi connectivity index (χ1) is 12.9. The molecule has 1 aromatic heterocycles. The number of benzene rings is 2. The molecule has 6 nitrogen and oxygen atoms in total. The van der Waals surface area contributed by atoms with Crippen LogP contribution < -0.4 is 5.73 Å². The van der Waals surface area contributed by atoms with Gasteiger partial charge in [0.25, 0.3) is 5.91 Å². The Morgan fingerprint density at radius 3 is 2.48 bits per heavy atom. The minimum atomic E-state index is -0.696. The highest BCUT2D eigenvalue weighted by atomic mass is 19.1. The van der Waals surface area contributed by atoms with Crippen LogP contribution in [0.3, 0.4) is 0 Å². The minimum absolute atomic E-state index is 0.259. The fourth-order valence-electron chi connectivity index (χ4n) is 3.14. The Morgan fingerprint density at radius 2 is 1.85 bits per heavy atom. The molecule has 0 bridgehead atoms. The number of nitrogens with two attached hydrogens (primary N) is 1. The summed E-state index contributed by atoms with van der Waals surface area (Å²) < 4.78 is 14.8. The van der Waals surface area contributed by atoms with Crippen LogP contribution in [0.4, 0.5) is 4.39 Å². The van der Waals surface area contributed by atoms with E-state index in [1.807, 2.05) is 24.3 Å². The van der Waals surface area contributed by atoms with Gasteiger partial charge in [0, 0.05) is 12.4 Å². The highest BCUT2D eigenvalue weighted by Gasteiger charge is 2.27. The molecule has 27 heavy (non-hydrogen) atoms. The zero-order valence-electron chi connectivity index (χ0n) is 15.2. The average molecular weight is 368 g/mol. The number of fused-ring (bicyclic) bond motifs is 1. The van der Waals surface area contributed by atoms with Gasteiger partial charge in [-0.25, -0.2) is 4.39 Å². The molecule has 3 rings (SSSR count). The van der Waals surface area contributed by atoms with E-state index >= 15 is 0 Å². The van der Waals surface area contributed by atoms with E-state index in [0.29, 0.717) is 18.4 Å². The molecule has 3 aromatic rings. The summed E-state index contributed by atoms with van der Waals surface area (Å²) in [5, 5.41) is 5.17. The van der Waals surface area contributed by atoms with E-state index in [1.165, 1.54) is 17.0 Å². The van der Waals surface area contributed by atoms with Crippen LogP contribution in [-0.4, -0.2) is 39.6 Å². The fraction of sp³-hybridized carbons (Fsp3) is 0.250. The minimum Gasteiger partial charge on any atom is -0.368 e. The van der Waals surface area contributed by atoms with Crippen molar-refractivity contribution in [2.75, 3.05) is 7.05 Å². The SMILES string of the molecule is CCC(C(N)=O)N(C)C(=O)c1nn(Cc2ccc(F)cc2)c2ccccc12. The lowest BCUT2D eigenvalue weighted by Gasteiger charge is -2.23. The molecule has 0 aliphatic heterocycles. The summed E-state index contributed by atoms with van der Waals surface area (Å²) in [6.07, 6.45) is 0.422. The number of likely N-dealkylation sites (N-methyl/N-ethyl adjacent to an activating group) is 1. The molecule has 1 atom stereocenters. The van der Waals surface area contributed by atoms with E-state index < -0.39 is 11.9 Å². The maximum Gasteiger partial charge on any atom is 0.275 e. The largest absolute Gasteiger partial charge is 0.368 e. The number of hydrogen-bond donors (Lipinski definition) is 1. The lowest BCUT2D eigenvalue weighted by Crippen LogP contribution is -2.45. The first-order valence-corrected chi connectivity index (χ1v) is 8.68. The number of carbonyl (C=O) groups excluding carboxylic acids is 2. The van der Waals surface area contributed by atoms with Crippen molar-refractivity contribution in [3.63, 3.8) is 0 Å². The van der Waals surface area contributed by atoms with Gasteiger partial charge in [0.15, 0.2) is 5.69 Å². The molecule has 0 fully saturated rings. The second kappa shape index (κ2) is 7.57. The predicted molar refractivity (Wildman–Crippen MR) is 101 cm³/mol. The van der Waals surface area contributed by atoms with Gasteiger partial charge in [0.05, 0.1) is 12.1 Å². The van der Waals surface area contributed by atoms with Gasteiger partial charge >= 0.3 is 0 Å². The van der Waals surface area contributed by atoms with Crippen LogP contribution in [0.2, 0.25) is 0 Å². The Balaban J connectivity index is 2.00. The molecule has 7 heteroatoms. The van der Waals surface area contributed by atoms with Gasteiger partial charge < -0.3 is 10.6 Å². The smallest absolute Gasteiger partial charge is 0.275 e. The third kappa shape index (κ3) is 3.67. The van der Waals surface area contributed by atoms with E-state index in [1.54, 1.807) is 30.8 Å². The number of carbonyl (C=O) groups is 2. The number of halogens is 1. The Kier molecular flexibility index (Phi) is 5.21. The summed E-state index contributed by atoms with van der Waals surface area (Å²) >= 11 is 0. The highest BCUT2D eigenvalue weighted by Crippen LogP contribution is 2.22. The van der Waals surface area contributed by atoms with Crippen molar-refractivity contribution in [3.05, 3.63) is 65.6 Å². The number of hydrogen-bond acceptors (Lipinski definition) is 3. The van der Waals surface area contributed by atoms with Crippen molar-refractivity contribution in [2.45, 2.75) is 25.9 Å². The van der Waals surface area contributed by atoms with Crippen LogP contribution in [0.1, 0.15) is 29.4 Å². The number of nitrogens with zero attached hydrogens (tertiary/aromatic N) is 3. The summed E-state index contributed by atoms with van der Waals surface area (Å²) in [4.78, 5) is 25.9. The number of para-hydroxylation sites is 1. The molecular formula is C20H21FN4O2. The summed E-state index contributed by atoms with van der Waals surface area (Å²) in [5.74, 6) is -1.23. The fourth-order valence-corrected chi connectivity index (χ4v) is 3.14. The van der Waals surface area contributed by atoms with Crippen molar-refractivity contribution in [1.29, 1.82) is 0 Å². The van der Waals surface area contributed by atoms with E-state index in [4.69, 9.17) is 5.73 Å². The van der Waals surface area contributed by atoms with Crippen LogP contribution in [0.15, 0.2) is 48.5 Å². The third-order valence-corrected chi connectivity index (χ3v) is 4.61. The molecule has 2 amide bonds. The molecule has 140 valence electrons. The third-order valence-electron chi connectivity index (χ3n) is 4.61. The first-order valence-electron chi connectivity index (χ1n) is 8.68. The Morgan fingerprint density at radius 1 is 1.19 bits per heavy atom. The van der Waals surface area contributed by atoms with Gasteiger partial charge in [-0.05, 0) is 30.2 Å². The van der Waals surface area contributed by atoms with Gasteiger partial charge in [-0.15, -0.1) is 0 Å². The quantitative estimate of drug-likeness (QED) is 0.726. The zero-order chi connectivity index (χ0) is 19.6. The summed E-state index contributed by atoms with van der Waals surface area (Å²) in [6, 6.07) is 12.8. The number of amides is 2. The van der Waals surface area contributed by atoms with E-state index in [2.05, 4.69) is 5.10 Å². The zero-order valence-corrected chi connectivity index (χ0v) is 15.2. The predicted octanol–water partition coefficient (Wildman–Crippen LogP) is 2.56. The van der Waals surface area contributed by atoms with Crippen molar-refractivity contribution in [3.8, 4) is 0 Å². The van der Waals surface area contributed by atoms with Crippen molar-refractivity contribution < 1.29 is 14.0 Å². The topological polar surface area (TPSA) is 81.2 Å². The van der Waals surface area contributed by atoms with Crippen molar-refractivity contribution >= 4 is 22.7 Å². The molecule has 0 spiro atoms. The van der Waals surface area contributed by atoms with Gasteiger partial charge in [0.2, 0.25) is 5.91 Å². The lowest BCUT2D eigenvalue weighted by atomic mass is 10.1. The van der Waals surface area contributed by atoms with Gasteiger partial charge in [-0.1, -0.05) is 37.3 Å². The maximum absolute atomic E-state index is 13.1. The molecular weight excluding hydrogens is 347 g/mol. The first kappa shape index (κ1) is 18.6. The van der Waals surface area contributed by atoms with E-state index in [0.717, 1.165) is 11.1 Å². The lowest BCUT2D eigenvalue weighted by molar-refractivity contribution is -0.122. The molecule has 1 unspecified atom stereocenters. The van der Waals surface area contributed by atoms with E-state index in [-0.39, 0.29) is 17.4 Å². The maximum atomic E-state index is 13.1. The molecule has 0 radical (unpaired) electrons. The number of rotatable bonds is 6. The van der Waals surface area contributed by atoms with Crippen LogP contribution in [-0.2, 0) is 11.3 Å². The van der Waals surface area contributed by atoms with Gasteiger partial charge in [-0.3, -0.25) is 14.3 Å². The van der Waals surface area contributed by atoms with Crippen LogP contribution in [0.25, 0.3) is 10.9 Å². The van der Waals surface area contributed by atoms with Crippen molar-refractivity contribution in [2.24, 2.45) is 5.73 Å².